The van der Waals surface area contributed by atoms with Crippen LogP contribution in [0.15, 0.2) is 24.3 Å². The van der Waals surface area contributed by atoms with Crippen LogP contribution in [0.25, 0.3) is 0 Å². The number of hydrogen-bond acceptors (Lipinski definition) is 4. The topological polar surface area (TPSA) is 49.8 Å². The van der Waals surface area contributed by atoms with Gasteiger partial charge in [0.2, 0.25) is 5.91 Å². The Morgan fingerprint density at radius 3 is 2.86 bits per heavy atom. The predicted molar refractivity (Wildman–Crippen MR) is 71.7 cm³/mol. The number of thioether (sulfide) groups is 1. The van der Waals surface area contributed by atoms with Gasteiger partial charge in [0.25, 0.3) is 0 Å². The van der Waals surface area contributed by atoms with Gasteiger partial charge in [-0.3, -0.25) is 4.79 Å². The average Bonchev–Trinajstić information content (AvgIpc) is 2.76. The Hall–Kier alpha value is -1.41. The summed E-state index contributed by atoms with van der Waals surface area (Å²) in [6, 6.07) is 5.63. The summed E-state index contributed by atoms with van der Waals surface area (Å²) in [4.78, 5) is 13.4. The summed E-state index contributed by atoms with van der Waals surface area (Å²) in [7, 11) is 0. The highest BCUT2D eigenvalue weighted by Gasteiger charge is 2.34. The van der Waals surface area contributed by atoms with E-state index >= 15 is 0 Å². The summed E-state index contributed by atoms with van der Waals surface area (Å²) in [5.41, 5.74) is 0.575. The second kappa shape index (κ2) is 6.57. The maximum Gasteiger partial charge on any atom is 0.573 e. The van der Waals surface area contributed by atoms with Crippen LogP contribution in [0.4, 0.5) is 13.2 Å². The average molecular weight is 321 g/mol. The number of carbonyl (C=O) groups excluding carboxylic acids is 1. The Labute approximate surface area is 123 Å². The van der Waals surface area contributed by atoms with Crippen molar-refractivity contribution in [3.05, 3.63) is 29.8 Å². The van der Waals surface area contributed by atoms with Crippen LogP contribution >= 0.6 is 11.8 Å². The Kier molecular flexibility index (Phi) is 5.00. The van der Waals surface area contributed by atoms with Crippen molar-refractivity contribution < 1.29 is 27.8 Å². The van der Waals surface area contributed by atoms with Crippen LogP contribution in [0.2, 0.25) is 0 Å². The van der Waals surface area contributed by atoms with E-state index in [2.05, 4.69) is 4.74 Å². The highest BCUT2D eigenvalue weighted by atomic mass is 32.2. The van der Waals surface area contributed by atoms with Gasteiger partial charge < -0.3 is 14.7 Å². The molecule has 4 nitrogen and oxygen atoms in total. The molecule has 1 aliphatic rings. The SMILES string of the molecule is O=C1CSC(c2cccc(OC(F)(F)F)c2)N1CCCO. The second-order valence-electron chi connectivity index (χ2n) is 4.45. The number of nitrogens with zero attached hydrogens (tertiary/aromatic N) is 1. The summed E-state index contributed by atoms with van der Waals surface area (Å²) in [6.45, 7) is 0.329. The molecule has 21 heavy (non-hydrogen) atoms. The van der Waals surface area contributed by atoms with Crippen LogP contribution < -0.4 is 4.74 Å². The number of amides is 1. The number of rotatable bonds is 5. The van der Waals surface area contributed by atoms with Gasteiger partial charge in [0.1, 0.15) is 11.1 Å². The van der Waals surface area contributed by atoms with Crippen molar-refractivity contribution in [3.8, 4) is 5.75 Å². The normalized spacial score (nSPS) is 19.1. The number of halogens is 3. The molecule has 1 aromatic carbocycles. The van der Waals surface area contributed by atoms with Gasteiger partial charge in [0.15, 0.2) is 0 Å². The molecular weight excluding hydrogens is 307 g/mol. The third kappa shape index (κ3) is 4.28. The van der Waals surface area contributed by atoms with Crippen molar-refractivity contribution in [2.24, 2.45) is 0 Å². The number of ether oxygens (including phenoxy) is 1. The van der Waals surface area contributed by atoms with Crippen molar-refractivity contribution >= 4 is 17.7 Å². The first kappa shape index (κ1) is 16.0. The third-order valence-corrected chi connectivity index (χ3v) is 4.16. The number of carbonyl (C=O) groups is 1. The van der Waals surface area contributed by atoms with Crippen molar-refractivity contribution in [1.82, 2.24) is 4.90 Å². The molecule has 8 heteroatoms. The van der Waals surface area contributed by atoms with E-state index in [-0.39, 0.29) is 29.4 Å². The number of aliphatic hydroxyl groups is 1. The lowest BCUT2D eigenvalue weighted by Crippen LogP contribution is -2.29. The highest BCUT2D eigenvalue weighted by Crippen LogP contribution is 2.39. The third-order valence-electron chi connectivity index (χ3n) is 2.90. The zero-order chi connectivity index (χ0) is 15.5. The molecule has 0 saturated carbocycles. The van der Waals surface area contributed by atoms with E-state index in [1.165, 1.54) is 30.0 Å². The molecule has 1 N–H and O–H groups in total. The standard InChI is InChI=1S/C13H14F3NO3S/c14-13(15,16)20-10-4-1-3-9(7-10)12-17(5-2-6-18)11(19)8-21-12/h1,3-4,7,12,18H,2,5-6,8H2. The van der Waals surface area contributed by atoms with Gasteiger partial charge >= 0.3 is 6.36 Å². The number of alkyl halides is 3. The van der Waals surface area contributed by atoms with Crippen LogP contribution in [-0.4, -0.2) is 41.2 Å². The molecule has 0 bridgehead atoms. The molecular formula is C13H14F3NO3S. The summed E-state index contributed by atoms with van der Waals surface area (Å²) >= 11 is 1.35. The summed E-state index contributed by atoms with van der Waals surface area (Å²) < 4.78 is 40.6. The second-order valence-corrected chi connectivity index (χ2v) is 5.52. The molecule has 1 heterocycles. The van der Waals surface area contributed by atoms with Crippen LogP contribution in [0.5, 0.6) is 5.75 Å². The van der Waals surface area contributed by atoms with Crippen LogP contribution in [0.3, 0.4) is 0 Å². The molecule has 1 atom stereocenters. The van der Waals surface area contributed by atoms with Crippen molar-refractivity contribution in [2.45, 2.75) is 18.2 Å². The minimum atomic E-state index is -4.74. The van der Waals surface area contributed by atoms with E-state index < -0.39 is 6.36 Å². The van der Waals surface area contributed by atoms with E-state index in [0.29, 0.717) is 18.5 Å². The molecule has 1 aromatic rings. The van der Waals surface area contributed by atoms with Gasteiger partial charge in [0.05, 0.1) is 5.75 Å². The number of hydrogen-bond donors (Lipinski definition) is 1. The Morgan fingerprint density at radius 2 is 2.19 bits per heavy atom. The van der Waals surface area contributed by atoms with Crippen LogP contribution in [0.1, 0.15) is 17.4 Å². The first-order chi connectivity index (χ1) is 9.90. The summed E-state index contributed by atoms with van der Waals surface area (Å²) in [5.74, 6) is -0.108. The van der Waals surface area contributed by atoms with Crippen LogP contribution in [0, 0.1) is 0 Å². The lowest BCUT2D eigenvalue weighted by atomic mass is 10.2. The molecule has 1 fully saturated rings. The van der Waals surface area contributed by atoms with E-state index in [0.717, 1.165) is 0 Å². The minimum absolute atomic E-state index is 0.0433. The van der Waals surface area contributed by atoms with Gasteiger partial charge in [-0.1, -0.05) is 12.1 Å². The molecule has 1 amide bonds. The largest absolute Gasteiger partial charge is 0.573 e. The van der Waals surface area contributed by atoms with Gasteiger partial charge in [-0.2, -0.15) is 0 Å². The lowest BCUT2D eigenvalue weighted by molar-refractivity contribution is -0.274. The molecule has 0 radical (unpaired) electrons. The molecule has 1 saturated heterocycles. The minimum Gasteiger partial charge on any atom is -0.406 e. The van der Waals surface area contributed by atoms with Gasteiger partial charge in [-0.25, -0.2) is 0 Å². The van der Waals surface area contributed by atoms with E-state index in [1.54, 1.807) is 11.0 Å². The van der Waals surface area contributed by atoms with E-state index in [9.17, 15) is 18.0 Å². The molecule has 0 aliphatic carbocycles. The van der Waals surface area contributed by atoms with Crippen LogP contribution in [-0.2, 0) is 4.79 Å². The zero-order valence-electron chi connectivity index (χ0n) is 11.0. The molecule has 1 unspecified atom stereocenters. The monoisotopic (exact) mass is 321 g/mol. The predicted octanol–water partition coefficient (Wildman–Crippen LogP) is 2.54. The van der Waals surface area contributed by atoms with E-state index in [1.807, 2.05) is 0 Å². The van der Waals surface area contributed by atoms with Gasteiger partial charge in [-0.05, 0) is 24.1 Å². The molecule has 2 rings (SSSR count). The first-order valence-electron chi connectivity index (χ1n) is 6.28. The zero-order valence-corrected chi connectivity index (χ0v) is 11.8. The molecule has 0 spiro atoms. The van der Waals surface area contributed by atoms with Gasteiger partial charge in [-0.15, -0.1) is 24.9 Å². The Bertz CT molecular complexity index is 510. The van der Waals surface area contributed by atoms with Crippen molar-refractivity contribution in [1.29, 1.82) is 0 Å². The highest BCUT2D eigenvalue weighted by molar-refractivity contribution is 8.00. The first-order valence-corrected chi connectivity index (χ1v) is 7.33. The van der Waals surface area contributed by atoms with Crippen molar-refractivity contribution in [2.75, 3.05) is 18.9 Å². The Balaban J connectivity index is 2.16. The lowest BCUT2D eigenvalue weighted by Gasteiger charge is -2.24. The summed E-state index contributed by atoms with van der Waals surface area (Å²) in [5, 5.41) is 8.51. The smallest absolute Gasteiger partial charge is 0.406 e. The van der Waals surface area contributed by atoms with Gasteiger partial charge in [0, 0.05) is 13.2 Å². The quantitative estimate of drug-likeness (QED) is 0.905. The molecule has 116 valence electrons. The fourth-order valence-electron chi connectivity index (χ4n) is 2.08. The molecule has 1 aliphatic heterocycles. The Morgan fingerprint density at radius 1 is 1.43 bits per heavy atom. The summed E-state index contributed by atoms with van der Waals surface area (Å²) in [6.07, 6.45) is -4.31. The van der Waals surface area contributed by atoms with E-state index in [4.69, 9.17) is 5.11 Å². The molecule has 0 aromatic heterocycles. The number of aliphatic hydroxyl groups excluding tert-OH is 1. The maximum absolute atomic E-state index is 12.2. The number of benzene rings is 1. The van der Waals surface area contributed by atoms with Crippen molar-refractivity contribution in [3.63, 3.8) is 0 Å². The maximum atomic E-state index is 12.2. The fourth-order valence-corrected chi connectivity index (χ4v) is 3.29. The fraction of sp³-hybridized carbons (Fsp3) is 0.462.